The van der Waals surface area contributed by atoms with Gasteiger partial charge in [-0.2, -0.15) is 5.53 Å². The Morgan fingerprint density at radius 2 is 2.50 bits per heavy atom. The molecule has 5 nitrogen and oxygen atoms in total. The number of rotatable bonds is 0. The predicted molar refractivity (Wildman–Crippen MR) is 26.0 cm³/mol. The number of hydrazine groups is 2. The zero-order valence-electron chi connectivity index (χ0n) is 4.42. The second-order valence-electron chi connectivity index (χ2n) is 1.59. The van der Waals surface area contributed by atoms with E-state index in [2.05, 4.69) is 5.53 Å². The first-order valence-electron chi connectivity index (χ1n) is 2.17. The fraction of sp³-hybridized carbons (Fsp3) is 0.667. The molecule has 46 valence electrons. The molecule has 0 aromatic heterocycles. The van der Waals surface area contributed by atoms with Crippen LogP contribution >= 0.6 is 0 Å². The van der Waals surface area contributed by atoms with Gasteiger partial charge in [-0.15, -0.1) is 0 Å². The van der Waals surface area contributed by atoms with Crippen LogP contribution in [0.1, 0.15) is 0 Å². The Hall–Kier alpha value is -0.650. The molecule has 5 heteroatoms. The van der Waals surface area contributed by atoms with Gasteiger partial charge in [-0.1, -0.05) is 0 Å². The number of carbonyl (C=O) groups excluding carboxylic acids is 1. The van der Waals surface area contributed by atoms with Crippen LogP contribution in [0.4, 0.5) is 0 Å². The monoisotopic (exact) mass is 116 g/mol. The fourth-order valence-corrected chi connectivity index (χ4v) is 0.487. The average Bonchev–Trinajstić information content (AvgIpc) is 1.85. The normalized spacial score (nSPS) is 22.8. The Labute approximate surface area is 46.4 Å². The van der Waals surface area contributed by atoms with Gasteiger partial charge in [0.1, 0.15) is 0 Å². The molecule has 0 spiro atoms. The van der Waals surface area contributed by atoms with E-state index in [1.807, 2.05) is 0 Å². The van der Waals surface area contributed by atoms with E-state index in [9.17, 15) is 10.0 Å². The van der Waals surface area contributed by atoms with Crippen LogP contribution in [-0.2, 0) is 4.79 Å². The summed E-state index contributed by atoms with van der Waals surface area (Å²) in [5.41, 5.74) is 2.23. The van der Waals surface area contributed by atoms with E-state index in [0.29, 0.717) is 5.17 Å². The van der Waals surface area contributed by atoms with Crippen molar-refractivity contribution in [2.45, 2.75) is 0 Å². The van der Waals surface area contributed by atoms with E-state index in [4.69, 9.17) is 0 Å². The van der Waals surface area contributed by atoms with E-state index in [0.717, 1.165) is 5.01 Å². The van der Waals surface area contributed by atoms with Gasteiger partial charge in [0.15, 0.2) is 0 Å². The van der Waals surface area contributed by atoms with E-state index in [1.165, 1.54) is 7.05 Å². The number of nitrogens with zero attached hydrogens (tertiary/aromatic N) is 2. The highest BCUT2D eigenvalue weighted by Gasteiger charge is 2.15. The maximum atomic E-state index is 10.4. The number of likely N-dealkylation sites (N-methyl/N-ethyl adjacent to an activating group) is 1. The number of hydroxylamine groups is 1. The molecule has 8 heavy (non-hydrogen) atoms. The lowest BCUT2D eigenvalue weighted by molar-refractivity contribution is -0.127. The van der Waals surface area contributed by atoms with Gasteiger partial charge in [0.05, 0.1) is 6.54 Å². The number of hydrogen-bond acceptors (Lipinski definition) is 4. The minimum Gasteiger partial charge on any atom is -0.770 e. The maximum absolute atomic E-state index is 10.4. The Balaban J connectivity index is 2.51. The van der Waals surface area contributed by atoms with Gasteiger partial charge in [0.25, 0.3) is 5.91 Å². The van der Waals surface area contributed by atoms with Crippen molar-refractivity contribution in [3.63, 3.8) is 0 Å². The van der Waals surface area contributed by atoms with Crippen LogP contribution in [0, 0.1) is 5.21 Å². The smallest absolute Gasteiger partial charge is 0.252 e. The third-order valence-electron chi connectivity index (χ3n) is 0.915. The topological polar surface area (TPSA) is 58.6 Å². The molecule has 1 rings (SSSR count). The summed E-state index contributed by atoms with van der Waals surface area (Å²) in [4.78, 5) is 10.4. The molecule has 0 unspecified atom stereocenters. The molecule has 0 aliphatic carbocycles. The Kier molecular flexibility index (Phi) is 1.16. The van der Waals surface area contributed by atoms with Crippen molar-refractivity contribution in [3.05, 3.63) is 5.21 Å². The molecule has 1 N–H and O–H groups in total. The molecule has 1 fully saturated rings. The molecule has 0 bridgehead atoms. The summed E-state index contributed by atoms with van der Waals surface area (Å²) in [5.74, 6) is -0.208. The summed E-state index contributed by atoms with van der Waals surface area (Å²) in [6.07, 6.45) is 0. The van der Waals surface area contributed by atoms with Gasteiger partial charge in [-0.25, -0.2) is 0 Å². The second kappa shape index (κ2) is 1.70. The summed E-state index contributed by atoms with van der Waals surface area (Å²) in [7, 11) is 1.50. The van der Waals surface area contributed by atoms with Gasteiger partial charge in [0.2, 0.25) is 0 Å². The third-order valence-corrected chi connectivity index (χ3v) is 0.915. The summed E-state index contributed by atoms with van der Waals surface area (Å²) in [6.45, 7) is -0.0868. The summed E-state index contributed by atoms with van der Waals surface area (Å²) in [6, 6.07) is 0. The molecule has 0 radical (unpaired) electrons. The lowest BCUT2D eigenvalue weighted by Gasteiger charge is -2.19. The first-order valence-corrected chi connectivity index (χ1v) is 2.17. The quantitative estimate of drug-likeness (QED) is 0.426. The highest BCUT2D eigenvalue weighted by molar-refractivity contribution is 5.78. The highest BCUT2D eigenvalue weighted by atomic mass is 16.6. The summed E-state index contributed by atoms with van der Waals surface area (Å²) in [5, 5.41) is 11.8. The molecule has 0 aromatic carbocycles. The van der Waals surface area contributed by atoms with Gasteiger partial charge in [0, 0.05) is 7.05 Å². The highest BCUT2D eigenvalue weighted by Crippen LogP contribution is 1.92. The Morgan fingerprint density at radius 3 is 2.62 bits per heavy atom. The lowest BCUT2D eigenvalue weighted by Crippen LogP contribution is -2.34. The third kappa shape index (κ3) is 0.786. The van der Waals surface area contributed by atoms with Crippen LogP contribution in [0.2, 0.25) is 0 Å². The van der Waals surface area contributed by atoms with Crippen molar-refractivity contribution < 1.29 is 4.79 Å². The first kappa shape index (κ1) is 5.49. The standard InChI is InChI=1S/C3H6N3O2/c1-5-3(7)2-6(8)4-5/h4H,2H2,1H3/q-1. The largest absolute Gasteiger partial charge is 0.770 e. The number of carbonyl (C=O) groups is 1. The van der Waals surface area contributed by atoms with Crippen LogP contribution in [0.25, 0.3) is 0 Å². The molecule has 1 amide bonds. The number of amides is 1. The van der Waals surface area contributed by atoms with Crippen LogP contribution in [-0.4, -0.2) is 29.7 Å². The van der Waals surface area contributed by atoms with Gasteiger partial charge in [-0.3, -0.25) is 15.0 Å². The predicted octanol–water partition coefficient (Wildman–Crippen LogP) is -1.32. The molecule has 0 saturated carbocycles. The second-order valence-corrected chi connectivity index (χ2v) is 1.59. The molecule has 0 aromatic rings. The number of nitrogens with one attached hydrogen (secondary N) is 1. The van der Waals surface area contributed by atoms with Crippen molar-refractivity contribution in [3.8, 4) is 0 Å². The Bertz CT molecular complexity index is 115. The average molecular weight is 116 g/mol. The van der Waals surface area contributed by atoms with Gasteiger partial charge >= 0.3 is 0 Å². The van der Waals surface area contributed by atoms with Crippen molar-refractivity contribution >= 4 is 5.91 Å². The summed E-state index contributed by atoms with van der Waals surface area (Å²) >= 11 is 0. The van der Waals surface area contributed by atoms with Crippen LogP contribution in [0.3, 0.4) is 0 Å². The zero-order valence-corrected chi connectivity index (χ0v) is 4.42. The summed E-state index contributed by atoms with van der Waals surface area (Å²) < 4.78 is 0. The molecule has 1 aliphatic rings. The molecular weight excluding hydrogens is 110 g/mol. The molecular formula is C3H6N3O2-. The van der Waals surface area contributed by atoms with Crippen LogP contribution < -0.4 is 5.53 Å². The number of hydrogen-bond donors (Lipinski definition) is 1. The van der Waals surface area contributed by atoms with E-state index < -0.39 is 0 Å². The first-order chi connectivity index (χ1) is 3.70. The lowest BCUT2D eigenvalue weighted by atomic mass is 10.6. The van der Waals surface area contributed by atoms with Crippen molar-refractivity contribution in [2.75, 3.05) is 13.6 Å². The SMILES string of the molecule is CN1NN([O-])CC1=O. The zero-order chi connectivity index (χ0) is 6.15. The van der Waals surface area contributed by atoms with Crippen molar-refractivity contribution in [2.24, 2.45) is 0 Å². The minimum atomic E-state index is -0.208. The van der Waals surface area contributed by atoms with Crippen molar-refractivity contribution in [1.29, 1.82) is 0 Å². The van der Waals surface area contributed by atoms with Crippen LogP contribution in [0.15, 0.2) is 0 Å². The van der Waals surface area contributed by atoms with Gasteiger partial charge < -0.3 is 5.21 Å². The molecule has 1 aliphatic heterocycles. The molecule has 1 saturated heterocycles. The van der Waals surface area contributed by atoms with E-state index in [1.54, 1.807) is 0 Å². The molecule has 0 atom stereocenters. The minimum absolute atomic E-state index is 0.0868. The van der Waals surface area contributed by atoms with Crippen LogP contribution in [0.5, 0.6) is 0 Å². The maximum Gasteiger partial charge on any atom is 0.252 e. The van der Waals surface area contributed by atoms with E-state index >= 15 is 0 Å². The molecule has 1 heterocycles. The van der Waals surface area contributed by atoms with E-state index in [-0.39, 0.29) is 12.5 Å². The van der Waals surface area contributed by atoms with Crippen molar-refractivity contribution in [1.82, 2.24) is 15.7 Å². The van der Waals surface area contributed by atoms with Gasteiger partial charge in [-0.05, 0) is 0 Å². The fourth-order valence-electron chi connectivity index (χ4n) is 0.487. The Morgan fingerprint density at radius 1 is 1.88 bits per heavy atom.